The molecule has 0 aliphatic carbocycles. The van der Waals surface area contributed by atoms with Crippen molar-refractivity contribution in [1.29, 1.82) is 0 Å². The molecule has 0 spiro atoms. The second kappa shape index (κ2) is 4.96. The second-order valence-corrected chi connectivity index (χ2v) is 4.93. The van der Waals surface area contributed by atoms with Gasteiger partial charge in [0.05, 0.1) is 16.6 Å². The van der Waals surface area contributed by atoms with E-state index in [9.17, 15) is 4.79 Å². The topological polar surface area (TPSA) is 59.8 Å². The quantitative estimate of drug-likeness (QED) is 0.617. The van der Waals surface area contributed by atoms with Crippen LogP contribution < -0.4 is 5.43 Å². The predicted octanol–water partition coefficient (Wildman–Crippen LogP) is 2.97. The van der Waals surface area contributed by atoms with E-state index in [4.69, 9.17) is 0 Å². The molecular weight excluding hydrogens is 276 g/mol. The molecule has 2 aromatic heterocycles. The van der Waals surface area contributed by atoms with Gasteiger partial charge in [0, 0.05) is 5.39 Å². The van der Waals surface area contributed by atoms with E-state index in [1.54, 1.807) is 17.1 Å². The Labute approximate surface area is 126 Å². The summed E-state index contributed by atoms with van der Waals surface area (Å²) in [5, 5.41) is 1.01. The number of carbonyl (C=O) groups excluding carboxylic acids is 1. The third kappa shape index (κ3) is 2.09. The molecule has 0 saturated heterocycles. The molecule has 0 radical (unpaired) electrons. The van der Waals surface area contributed by atoms with E-state index in [-0.39, 0.29) is 5.91 Å². The monoisotopic (exact) mass is 288 g/mol. The maximum absolute atomic E-state index is 12.4. The second-order valence-electron chi connectivity index (χ2n) is 4.93. The lowest BCUT2D eigenvalue weighted by atomic mass is 10.2. The molecule has 1 amide bonds. The van der Waals surface area contributed by atoms with Gasteiger partial charge in [-0.1, -0.05) is 36.4 Å². The zero-order valence-electron chi connectivity index (χ0n) is 11.6. The molecule has 4 rings (SSSR count). The first-order chi connectivity index (χ1) is 10.8. The maximum Gasteiger partial charge on any atom is 0.288 e. The zero-order valence-corrected chi connectivity index (χ0v) is 11.6. The summed E-state index contributed by atoms with van der Waals surface area (Å²) in [6.45, 7) is 0. The highest BCUT2D eigenvalue weighted by Gasteiger charge is 2.10. The number of fused-ring (bicyclic) bond motifs is 2. The van der Waals surface area contributed by atoms with Crippen LogP contribution >= 0.6 is 0 Å². The van der Waals surface area contributed by atoms with E-state index in [0.717, 1.165) is 21.9 Å². The predicted molar refractivity (Wildman–Crippen MR) is 85.2 cm³/mol. The number of pyridine rings is 1. The molecule has 0 bridgehead atoms. The van der Waals surface area contributed by atoms with Crippen molar-refractivity contribution in [2.24, 2.45) is 0 Å². The number of nitrogens with one attached hydrogen (secondary N) is 1. The molecule has 1 N–H and O–H groups in total. The smallest absolute Gasteiger partial charge is 0.266 e. The standard InChI is InChI=1S/C17H12N4O/c22-17(15-10-9-12-5-1-2-6-13(12)19-15)20-21-11-18-14-7-3-4-8-16(14)21/h1-11H,(H,20,22). The average molecular weight is 288 g/mol. The fraction of sp³-hybridized carbons (Fsp3) is 0. The van der Waals surface area contributed by atoms with Crippen molar-refractivity contribution >= 4 is 27.8 Å². The molecule has 0 atom stereocenters. The summed E-state index contributed by atoms with van der Waals surface area (Å²) in [4.78, 5) is 21.0. The molecule has 22 heavy (non-hydrogen) atoms. The van der Waals surface area contributed by atoms with Crippen LogP contribution in [0.25, 0.3) is 21.9 Å². The summed E-state index contributed by atoms with van der Waals surface area (Å²) < 4.78 is 1.61. The SMILES string of the molecule is O=C(Nn1cnc2ccccc21)c1ccc2ccccc2n1. The molecule has 5 heteroatoms. The highest BCUT2D eigenvalue weighted by Crippen LogP contribution is 2.13. The Morgan fingerprint density at radius 3 is 2.59 bits per heavy atom. The Balaban J connectivity index is 1.68. The Hall–Kier alpha value is -3.21. The Kier molecular flexibility index (Phi) is 2.83. The van der Waals surface area contributed by atoms with Crippen molar-refractivity contribution in [1.82, 2.24) is 14.6 Å². The number of benzene rings is 2. The number of hydrogen-bond donors (Lipinski definition) is 1. The molecule has 5 nitrogen and oxygen atoms in total. The molecule has 0 aliphatic heterocycles. The van der Waals surface area contributed by atoms with Crippen LogP contribution in [0.3, 0.4) is 0 Å². The number of aromatic nitrogens is 3. The van der Waals surface area contributed by atoms with Gasteiger partial charge in [-0.25, -0.2) is 14.6 Å². The maximum atomic E-state index is 12.4. The van der Waals surface area contributed by atoms with E-state index in [1.807, 2.05) is 54.6 Å². The van der Waals surface area contributed by atoms with Crippen molar-refractivity contribution in [2.45, 2.75) is 0 Å². The van der Waals surface area contributed by atoms with E-state index in [0.29, 0.717) is 5.69 Å². The van der Waals surface area contributed by atoms with Crippen LogP contribution in [-0.4, -0.2) is 20.6 Å². The van der Waals surface area contributed by atoms with Gasteiger partial charge in [0.1, 0.15) is 12.0 Å². The van der Waals surface area contributed by atoms with Gasteiger partial charge in [0.15, 0.2) is 0 Å². The molecule has 0 unspecified atom stereocenters. The summed E-state index contributed by atoms with van der Waals surface area (Å²) in [5.74, 6) is -0.270. The minimum Gasteiger partial charge on any atom is -0.266 e. The molecule has 0 saturated carbocycles. The van der Waals surface area contributed by atoms with E-state index in [2.05, 4.69) is 15.4 Å². The first-order valence-corrected chi connectivity index (χ1v) is 6.90. The van der Waals surface area contributed by atoms with Gasteiger partial charge >= 0.3 is 0 Å². The van der Waals surface area contributed by atoms with Crippen LogP contribution in [0, 0.1) is 0 Å². The number of nitrogens with zero attached hydrogens (tertiary/aromatic N) is 3. The third-order valence-corrected chi connectivity index (χ3v) is 3.51. The molecule has 0 fully saturated rings. The van der Waals surface area contributed by atoms with Crippen LogP contribution in [0.1, 0.15) is 10.5 Å². The molecule has 106 valence electrons. The van der Waals surface area contributed by atoms with Gasteiger partial charge in [-0.15, -0.1) is 0 Å². The average Bonchev–Trinajstić information content (AvgIpc) is 2.97. The summed E-state index contributed by atoms with van der Waals surface area (Å²) in [5.41, 5.74) is 5.64. The Morgan fingerprint density at radius 1 is 0.909 bits per heavy atom. The van der Waals surface area contributed by atoms with Gasteiger partial charge in [0.2, 0.25) is 0 Å². The molecule has 4 aromatic rings. The lowest BCUT2D eigenvalue weighted by Crippen LogP contribution is -2.22. The van der Waals surface area contributed by atoms with Crippen molar-refractivity contribution in [3.63, 3.8) is 0 Å². The largest absolute Gasteiger partial charge is 0.288 e. The van der Waals surface area contributed by atoms with Gasteiger partial charge in [-0.2, -0.15) is 0 Å². The Bertz CT molecular complexity index is 990. The fourth-order valence-corrected chi connectivity index (χ4v) is 2.41. The van der Waals surface area contributed by atoms with Crippen molar-refractivity contribution in [3.8, 4) is 0 Å². The van der Waals surface area contributed by atoms with Gasteiger partial charge in [-0.05, 0) is 24.3 Å². The summed E-state index contributed by atoms with van der Waals surface area (Å²) in [6, 6.07) is 18.9. The highest BCUT2D eigenvalue weighted by molar-refractivity contribution is 6.00. The van der Waals surface area contributed by atoms with Gasteiger partial charge < -0.3 is 0 Å². The van der Waals surface area contributed by atoms with Crippen LogP contribution in [0.5, 0.6) is 0 Å². The molecule has 2 heterocycles. The fourth-order valence-electron chi connectivity index (χ4n) is 2.41. The van der Waals surface area contributed by atoms with Crippen LogP contribution in [0.2, 0.25) is 0 Å². The highest BCUT2D eigenvalue weighted by atomic mass is 16.2. The summed E-state index contributed by atoms with van der Waals surface area (Å²) in [7, 11) is 0. The van der Waals surface area contributed by atoms with E-state index >= 15 is 0 Å². The van der Waals surface area contributed by atoms with Gasteiger partial charge in [0.25, 0.3) is 5.91 Å². The van der Waals surface area contributed by atoms with Crippen molar-refractivity contribution in [3.05, 3.63) is 72.7 Å². The number of rotatable bonds is 2. The number of imidazole rings is 1. The number of carbonyl (C=O) groups is 1. The van der Waals surface area contributed by atoms with Gasteiger partial charge in [-0.3, -0.25) is 10.2 Å². The van der Waals surface area contributed by atoms with Crippen molar-refractivity contribution < 1.29 is 4.79 Å². The lowest BCUT2D eigenvalue weighted by Gasteiger charge is -2.07. The molecule has 0 aliphatic rings. The third-order valence-electron chi connectivity index (χ3n) is 3.51. The minimum atomic E-state index is -0.270. The van der Waals surface area contributed by atoms with Crippen molar-refractivity contribution in [2.75, 3.05) is 5.43 Å². The first-order valence-electron chi connectivity index (χ1n) is 6.90. The minimum absolute atomic E-state index is 0.270. The Morgan fingerprint density at radius 2 is 1.68 bits per heavy atom. The number of para-hydroxylation sites is 3. The zero-order chi connectivity index (χ0) is 14.9. The van der Waals surface area contributed by atoms with E-state index < -0.39 is 0 Å². The normalized spacial score (nSPS) is 10.9. The number of amides is 1. The van der Waals surface area contributed by atoms with Crippen LogP contribution in [0.4, 0.5) is 0 Å². The number of hydrogen-bond acceptors (Lipinski definition) is 3. The molecule has 2 aromatic carbocycles. The summed E-state index contributed by atoms with van der Waals surface area (Å²) in [6.07, 6.45) is 1.59. The lowest BCUT2D eigenvalue weighted by molar-refractivity contribution is 0.100. The van der Waals surface area contributed by atoms with E-state index in [1.165, 1.54) is 0 Å². The van der Waals surface area contributed by atoms with Crippen LogP contribution in [-0.2, 0) is 0 Å². The van der Waals surface area contributed by atoms with Crippen LogP contribution in [0.15, 0.2) is 67.0 Å². The summed E-state index contributed by atoms with van der Waals surface area (Å²) >= 11 is 0. The first kappa shape index (κ1) is 12.5. The molecular formula is C17H12N4O.